The van der Waals surface area contributed by atoms with Gasteiger partial charge in [-0.3, -0.25) is 4.79 Å². The number of carbonyl (C=O) groups is 1. The Labute approximate surface area is 154 Å². The van der Waals surface area contributed by atoms with Crippen molar-refractivity contribution in [1.29, 1.82) is 0 Å². The summed E-state index contributed by atoms with van der Waals surface area (Å²) in [6.07, 6.45) is 3.57. The fourth-order valence-corrected chi connectivity index (χ4v) is 3.92. The predicted octanol–water partition coefficient (Wildman–Crippen LogP) is 6.14. The molecule has 0 radical (unpaired) electrons. The highest BCUT2D eigenvalue weighted by atomic mass is 16.1. The van der Waals surface area contributed by atoms with Crippen LogP contribution >= 0.6 is 0 Å². The van der Waals surface area contributed by atoms with Crippen molar-refractivity contribution in [1.82, 2.24) is 0 Å². The Morgan fingerprint density at radius 3 is 2.31 bits per heavy atom. The average molecular weight is 341 g/mol. The molecule has 1 atom stereocenters. The summed E-state index contributed by atoms with van der Waals surface area (Å²) in [5.74, 6) is 0.720. The maximum absolute atomic E-state index is 12.8. The summed E-state index contributed by atoms with van der Waals surface area (Å²) in [6.45, 7) is 4.53. The van der Waals surface area contributed by atoms with Gasteiger partial charge in [0, 0.05) is 16.5 Å². The summed E-state index contributed by atoms with van der Waals surface area (Å²) in [5.41, 5.74) is 4.44. The largest absolute Gasteiger partial charge is 0.287 e. The third-order valence-electron chi connectivity index (χ3n) is 5.16. The molecular weight excluding hydrogens is 318 g/mol. The molecule has 26 heavy (non-hydrogen) atoms. The minimum absolute atomic E-state index is 0.0254. The number of carbonyl (C=O) groups excluding carboxylic acids is 1. The van der Waals surface area contributed by atoms with Gasteiger partial charge in [0.05, 0.1) is 5.69 Å². The molecule has 0 saturated carbocycles. The second-order valence-corrected chi connectivity index (χ2v) is 7.26. The molecule has 0 bridgehead atoms. The zero-order chi connectivity index (χ0) is 18.1. The molecule has 1 unspecified atom stereocenters. The Morgan fingerprint density at radius 1 is 0.923 bits per heavy atom. The molecule has 0 N–H and O–H groups in total. The third kappa shape index (κ3) is 2.96. The van der Waals surface area contributed by atoms with Crippen LogP contribution in [0.1, 0.15) is 48.2 Å². The van der Waals surface area contributed by atoms with Gasteiger partial charge >= 0.3 is 0 Å². The van der Waals surface area contributed by atoms with Crippen LogP contribution in [0.4, 0.5) is 5.69 Å². The van der Waals surface area contributed by atoms with Gasteiger partial charge in [-0.2, -0.15) is 0 Å². The van der Waals surface area contributed by atoms with Crippen molar-refractivity contribution in [3.8, 4) is 0 Å². The third-order valence-corrected chi connectivity index (χ3v) is 5.16. The summed E-state index contributed by atoms with van der Waals surface area (Å²) in [5, 5.41) is 2.13. The first-order chi connectivity index (χ1) is 12.7. The molecule has 4 rings (SSSR count). The summed E-state index contributed by atoms with van der Waals surface area (Å²) in [7, 11) is 0. The van der Waals surface area contributed by atoms with E-state index < -0.39 is 0 Å². The lowest BCUT2D eigenvalue weighted by molar-refractivity contribution is 0.107. The van der Waals surface area contributed by atoms with Crippen molar-refractivity contribution in [2.24, 2.45) is 10.9 Å². The molecule has 0 fully saturated rings. The van der Waals surface area contributed by atoms with E-state index in [4.69, 9.17) is 4.99 Å². The van der Waals surface area contributed by atoms with Gasteiger partial charge in [0.15, 0.2) is 0 Å². The molecule has 3 aromatic rings. The molecule has 0 aliphatic heterocycles. The van der Waals surface area contributed by atoms with Crippen LogP contribution in [0.5, 0.6) is 0 Å². The topological polar surface area (TPSA) is 29.4 Å². The van der Waals surface area contributed by atoms with Gasteiger partial charge in [-0.1, -0.05) is 75.2 Å². The fourth-order valence-electron chi connectivity index (χ4n) is 3.92. The number of Topliss-reactive ketones (excluding diaryl/α,β-unsaturated/α-hetero) is 1. The van der Waals surface area contributed by atoms with E-state index in [1.165, 1.54) is 18.4 Å². The summed E-state index contributed by atoms with van der Waals surface area (Å²) < 4.78 is 0. The van der Waals surface area contributed by atoms with E-state index in [2.05, 4.69) is 26.0 Å². The highest BCUT2D eigenvalue weighted by molar-refractivity contribution is 6.59. The van der Waals surface area contributed by atoms with Gasteiger partial charge in [-0.25, -0.2) is 4.99 Å². The summed E-state index contributed by atoms with van der Waals surface area (Å²) in [6, 6.07) is 20.2. The average Bonchev–Trinajstić information content (AvgIpc) is 2.92. The Hall–Kier alpha value is -2.74. The molecule has 1 aliphatic rings. The van der Waals surface area contributed by atoms with Gasteiger partial charge in [0.2, 0.25) is 5.78 Å². The van der Waals surface area contributed by atoms with E-state index >= 15 is 0 Å². The first-order valence-corrected chi connectivity index (χ1v) is 9.42. The Kier molecular flexibility index (Phi) is 4.42. The van der Waals surface area contributed by atoms with E-state index in [-0.39, 0.29) is 5.78 Å². The molecule has 2 heteroatoms. The number of hydrogen-bond acceptors (Lipinski definition) is 2. The van der Waals surface area contributed by atoms with Crippen LogP contribution in [0.3, 0.4) is 0 Å². The van der Waals surface area contributed by atoms with Crippen molar-refractivity contribution in [2.45, 2.75) is 33.1 Å². The van der Waals surface area contributed by atoms with E-state index in [1.54, 1.807) is 0 Å². The van der Waals surface area contributed by atoms with Crippen molar-refractivity contribution in [2.75, 3.05) is 0 Å². The van der Waals surface area contributed by atoms with Crippen LogP contribution in [0, 0.1) is 5.92 Å². The van der Waals surface area contributed by atoms with Crippen LogP contribution in [0.2, 0.25) is 0 Å². The van der Waals surface area contributed by atoms with E-state index in [9.17, 15) is 4.79 Å². The molecule has 0 heterocycles. The Morgan fingerprint density at radius 2 is 1.62 bits per heavy atom. The highest BCUT2D eigenvalue weighted by Crippen LogP contribution is 2.32. The molecule has 0 aromatic heterocycles. The first kappa shape index (κ1) is 16.7. The lowest BCUT2D eigenvalue weighted by Gasteiger charge is -2.10. The normalized spacial score (nSPS) is 15.8. The Bertz CT molecular complexity index is 993. The van der Waals surface area contributed by atoms with Crippen LogP contribution in [-0.4, -0.2) is 11.5 Å². The standard InChI is InChI=1S/C24H23NO/c1-3-6-16(2)15-17-11-13-19(14-12-17)25-23-20-9-4-7-18-8-5-10-21(22(18)20)24(23)26/h4-5,7-14,16H,3,6,15H2,1-2H3. The van der Waals surface area contributed by atoms with Crippen molar-refractivity contribution >= 4 is 28.0 Å². The highest BCUT2D eigenvalue weighted by Gasteiger charge is 2.28. The van der Waals surface area contributed by atoms with Gasteiger partial charge in [0.25, 0.3) is 0 Å². The number of benzene rings is 3. The molecular formula is C24H23NO. The van der Waals surface area contributed by atoms with Crippen molar-refractivity contribution in [3.05, 3.63) is 77.4 Å². The minimum atomic E-state index is 0.0254. The summed E-state index contributed by atoms with van der Waals surface area (Å²) >= 11 is 0. The lowest BCUT2D eigenvalue weighted by Crippen LogP contribution is -2.08. The van der Waals surface area contributed by atoms with Gasteiger partial charge < -0.3 is 0 Å². The maximum Gasteiger partial charge on any atom is 0.212 e. The maximum atomic E-state index is 12.8. The molecule has 0 amide bonds. The predicted molar refractivity (Wildman–Crippen MR) is 109 cm³/mol. The van der Waals surface area contributed by atoms with E-state index in [1.807, 2.05) is 48.5 Å². The number of aliphatic imine (C=N–C) groups is 1. The fraction of sp³-hybridized carbons (Fsp3) is 0.250. The van der Waals surface area contributed by atoms with Gasteiger partial charge in [0.1, 0.15) is 5.71 Å². The van der Waals surface area contributed by atoms with E-state index in [0.29, 0.717) is 11.6 Å². The first-order valence-electron chi connectivity index (χ1n) is 9.42. The van der Waals surface area contributed by atoms with Crippen LogP contribution in [-0.2, 0) is 6.42 Å². The zero-order valence-electron chi connectivity index (χ0n) is 15.3. The molecule has 0 saturated heterocycles. The van der Waals surface area contributed by atoms with Gasteiger partial charge in [-0.05, 0) is 35.4 Å². The second-order valence-electron chi connectivity index (χ2n) is 7.26. The lowest BCUT2D eigenvalue weighted by atomic mass is 9.97. The number of nitrogens with zero attached hydrogens (tertiary/aromatic N) is 1. The zero-order valence-corrected chi connectivity index (χ0v) is 15.3. The van der Waals surface area contributed by atoms with Gasteiger partial charge in [-0.15, -0.1) is 0 Å². The van der Waals surface area contributed by atoms with Crippen LogP contribution in [0.25, 0.3) is 10.8 Å². The molecule has 130 valence electrons. The quantitative estimate of drug-likeness (QED) is 0.548. The van der Waals surface area contributed by atoms with Crippen LogP contribution in [0.15, 0.2) is 65.7 Å². The second kappa shape index (κ2) is 6.87. The SMILES string of the molecule is CCCC(C)Cc1ccc(N=C2C(=O)c3cccc4cccc2c34)cc1. The molecule has 0 spiro atoms. The van der Waals surface area contributed by atoms with Crippen LogP contribution < -0.4 is 0 Å². The minimum Gasteiger partial charge on any atom is -0.287 e. The number of hydrogen-bond donors (Lipinski definition) is 0. The Balaban J connectivity index is 1.66. The van der Waals surface area contributed by atoms with Crippen molar-refractivity contribution in [3.63, 3.8) is 0 Å². The molecule has 1 aliphatic carbocycles. The number of ketones is 1. The summed E-state index contributed by atoms with van der Waals surface area (Å²) in [4.78, 5) is 17.5. The smallest absolute Gasteiger partial charge is 0.212 e. The molecule has 2 nitrogen and oxygen atoms in total. The van der Waals surface area contributed by atoms with E-state index in [0.717, 1.165) is 34.0 Å². The number of rotatable bonds is 5. The van der Waals surface area contributed by atoms with Crippen molar-refractivity contribution < 1.29 is 4.79 Å². The monoisotopic (exact) mass is 341 g/mol. The molecule has 3 aromatic carbocycles.